The van der Waals surface area contributed by atoms with Crippen LogP contribution in [0.2, 0.25) is 0 Å². The normalized spacial score (nSPS) is 11.2. The third kappa shape index (κ3) is 3.51. The second-order valence-corrected chi connectivity index (χ2v) is 5.87. The highest BCUT2D eigenvalue weighted by molar-refractivity contribution is 5.95. The first-order chi connectivity index (χ1) is 9.77. The highest BCUT2D eigenvalue weighted by atomic mass is 16.5. The van der Waals surface area contributed by atoms with E-state index in [0.717, 1.165) is 5.56 Å². The Kier molecular flexibility index (Phi) is 3.84. The summed E-state index contributed by atoms with van der Waals surface area (Å²) in [6.45, 7) is 6.34. The lowest BCUT2D eigenvalue weighted by atomic mass is 9.87. The number of primary amides is 1. The average molecular weight is 285 g/mol. The molecule has 1 amide bonds. The molecule has 5 heteroatoms. The molecule has 0 saturated heterocycles. The maximum absolute atomic E-state index is 11.4. The van der Waals surface area contributed by atoms with E-state index in [0.29, 0.717) is 11.4 Å². The molecule has 1 heterocycles. The van der Waals surface area contributed by atoms with Gasteiger partial charge in [0, 0.05) is 0 Å². The number of pyridine rings is 1. The number of carbonyl (C=O) groups excluding carboxylic acids is 1. The summed E-state index contributed by atoms with van der Waals surface area (Å²) >= 11 is 0. The monoisotopic (exact) mass is 285 g/mol. The number of aromatic nitrogens is 1. The number of rotatable bonds is 3. The van der Waals surface area contributed by atoms with Crippen molar-refractivity contribution < 1.29 is 9.53 Å². The zero-order valence-electron chi connectivity index (χ0n) is 12.4. The molecule has 0 aliphatic heterocycles. The zero-order chi connectivity index (χ0) is 15.6. The minimum absolute atomic E-state index is 0.000428. The van der Waals surface area contributed by atoms with Gasteiger partial charge in [-0.3, -0.25) is 4.79 Å². The van der Waals surface area contributed by atoms with Crippen LogP contribution in [0, 0.1) is 0 Å². The summed E-state index contributed by atoms with van der Waals surface area (Å²) in [4.78, 5) is 15.5. The Balaban J connectivity index is 2.37. The molecule has 1 aromatic carbocycles. The second-order valence-electron chi connectivity index (χ2n) is 5.87. The second kappa shape index (κ2) is 5.44. The maximum Gasteiger partial charge on any atom is 0.254 e. The van der Waals surface area contributed by atoms with Crippen LogP contribution >= 0.6 is 0 Å². The van der Waals surface area contributed by atoms with Crippen LogP contribution in [0.4, 0.5) is 5.69 Å². The molecule has 0 unspecified atom stereocenters. The number of ether oxygens (including phenoxy) is 1. The van der Waals surface area contributed by atoms with E-state index in [2.05, 4.69) is 25.8 Å². The molecule has 21 heavy (non-hydrogen) atoms. The fraction of sp³-hybridized carbons (Fsp3) is 0.250. The van der Waals surface area contributed by atoms with Crippen LogP contribution in [0.15, 0.2) is 36.5 Å². The Labute approximate surface area is 123 Å². The molecular weight excluding hydrogens is 266 g/mol. The summed E-state index contributed by atoms with van der Waals surface area (Å²) < 4.78 is 5.69. The number of nitrogens with two attached hydrogens (primary N) is 2. The maximum atomic E-state index is 11.4. The van der Waals surface area contributed by atoms with Crippen LogP contribution in [-0.2, 0) is 5.41 Å². The molecule has 0 saturated carbocycles. The van der Waals surface area contributed by atoms with Gasteiger partial charge >= 0.3 is 0 Å². The predicted molar refractivity (Wildman–Crippen MR) is 82.4 cm³/mol. The summed E-state index contributed by atoms with van der Waals surface area (Å²) in [6.07, 6.45) is 1.43. The number of carbonyl (C=O) groups is 1. The molecule has 0 bridgehead atoms. The van der Waals surface area contributed by atoms with Crippen molar-refractivity contribution >= 4 is 11.6 Å². The van der Waals surface area contributed by atoms with Crippen molar-refractivity contribution in [3.63, 3.8) is 0 Å². The van der Waals surface area contributed by atoms with Gasteiger partial charge in [0.25, 0.3) is 5.91 Å². The number of nitrogens with zero attached hydrogens (tertiary/aromatic N) is 1. The Hall–Kier alpha value is -2.56. The summed E-state index contributed by atoms with van der Waals surface area (Å²) in [5.74, 6) is 0.127. The molecule has 5 nitrogen and oxygen atoms in total. The summed E-state index contributed by atoms with van der Waals surface area (Å²) in [5.41, 5.74) is 12.6. The van der Waals surface area contributed by atoms with Gasteiger partial charge in [-0.1, -0.05) is 32.9 Å². The largest absolute Gasteiger partial charge is 0.438 e. The van der Waals surface area contributed by atoms with E-state index in [1.54, 1.807) is 6.07 Å². The molecule has 0 aliphatic carbocycles. The van der Waals surface area contributed by atoms with Crippen LogP contribution in [0.25, 0.3) is 0 Å². The van der Waals surface area contributed by atoms with E-state index in [9.17, 15) is 4.79 Å². The van der Waals surface area contributed by atoms with Gasteiger partial charge in [-0.25, -0.2) is 4.98 Å². The van der Waals surface area contributed by atoms with Crippen LogP contribution in [0.1, 0.15) is 36.7 Å². The van der Waals surface area contributed by atoms with Crippen LogP contribution in [0.5, 0.6) is 11.6 Å². The zero-order valence-corrected chi connectivity index (χ0v) is 12.4. The van der Waals surface area contributed by atoms with E-state index < -0.39 is 5.91 Å². The van der Waals surface area contributed by atoms with Crippen molar-refractivity contribution in [3.8, 4) is 11.6 Å². The van der Waals surface area contributed by atoms with E-state index in [-0.39, 0.29) is 16.9 Å². The van der Waals surface area contributed by atoms with E-state index >= 15 is 0 Å². The first-order valence-electron chi connectivity index (χ1n) is 6.61. The SMILES string of the molecule is CC(C)(C)c1cccc(Oc2ncc(N)cc2C(N)=O)c1. The molecule has 110 valence electrons. The standard InChI is InChI=1S/C16H19N3O2/c1-16(2,3)10-5-4-6-12(7-10)21-15-13(14(18)20)8-11(17)9-19-15/h4-9H,17H2,1-3H3,(H2,18,20). The van der Waals surface area contributed by atoms with Crippen LogP contribution < -0.4 is 16.2 Å². The first-order valence-corrected chi connectivity index (χ1v) is 6.61. The predicted octanol–water partition coefficient (Wildman–Crippen LogP) is 2.85. The van der Waals surface area contributed by atoms with Gasteiger partial charge in [0.15, 0.2) is 0 Å². The van der Waals surface area contributed by atoms with Gasteiger partial charge < -0.3 is 16.2 Å². The Morgan fingerprint density at radius 3 is 2.57 bits per heavy atom. The fourth-order valence-corrected chi connectivity index (χ4v) is 1.86. The van der Waals surface area contributed by atoms with E-state index in [4.69, 9.17) is 16.2 Å². The molecular formula is C16H19N3O2. The van der Waals surface area contributed by atoms with Crippen molar-refractivity contribution in [3.05, 3.63) is 47.7 Å². The summed E-state index contributed by atoms with van der Waals surface area (Å²) in [7, 11) is 0. The Morgan fingerprint density at radius 2 is 1.95 bits per heavy atom. The lowest BCUT2D eigenvalue weighted by Gasteiger charge is -2.19. The Morgan fingerprint density at radius 1 is 1.24 bits per heavy atom. The van der Waals surface area contributed by atoms with Gasteiger partial charge in [0.1, 0.15) is 11.3 Å². The summed E-state index contributed by atoms with van der Waals surface area (Å²) in [5, 5.41) is 0. The lowest BCUT2D eigenvalue weighted by molar-refractivity contribution is 0.0997. The number of benzene rings is 1. The molecule has 0 aliphatic rings. The van der Waals surface area contributed by atoms with Gasteiger partial charge in [-0.05, 0) is 29.2 Å². The molecule has 0 radical (unpaired) electrons. The molecule has 0 fully saturated rings. The van der Waals surface area contributed by atoms with E-state index in [1.165, 1.54) is 12.3 Å². The highest BCUT2D eigenvalue weighted by Gasteiger charge is 2.16. The quantitative estimate of drug-likeness (QED) is 0.907. The van der Waals surface area contributed by atoms with Crippen molar-refractivity contribution in [1.82, 2.24) is 4.98 Å². The first kappa shape index (κ1) is 14.8. The fourth-order valence-electron chi connectivity index (χ4n) is 1.86. The topological polar surface area (TPSA) is 91.2 Å². The van der Waals surface area contributed by atoms with Crippen molar-refractivity contribution in [1.29, 1.82) is 0 Å². The van der Waals surface area contributed by atoms with Crippen molar-refractivity contribution in [2.75, 3.05) is 5.73 Å². The molecule has 2 rings (SSSR count). The molecule has 2 aromatic rings. The molecule has 1 aromatic heterocycles. The van der Waals surface area contributed by atoms with Crippen molar-refractivity contribution in [2.45, 2.75) is 26.2 Å². The number of hydrogen-bond acceptors (Lipinski definition) is 4. The molecule has 4 N–H and O–H groups in total. The minimum Gasteiger partial charge on any atom is -0.438 e. The highest BCUT2D eigenvalue weighted by Crippen LogP contribution is 2.29. The third-order valence-corrected chi connectivity index (χ3v) is 3.05. The lowest BCUT2D eigenvalue weighted by Crippen LogP contribution is -2.14. The number of amides is 1. The van der Waals surface area contributed by atoms with Gasteiger partial charge in [-0.15, -0.1) is 0 Å². The number of nitrogen functional groups attached to an aromatic ring is 1. The van der Waals surface area contributed by atoms with Gasteiger partial charge in [-0.2, -0.15) is 0 Å². The number of hydrogen-bond donors (Lipinski definition) is 2. The number of anilines is 1. The molecule has 0 atom stereocenters. The smallest absolute Gasteiger partial charge is 0.254 e. The molecule has 0 spiro atoms. The van der Waals surface area contributed by atoms with Gasteiger partial charge in [0.05, 0.1) is 11.9 Å². The van der Waals surface area contributed by atoms with Crippen LogP contribution in [0.3, 0.4) is 0 Å². The van der Waals surface area contributed by atoms with Crippen molar-refractivity contribution in [2.24, 2.45) is 5.73 Å². The third-order valence-electron chi connectivity index (χ3n) is 3.05. The van der Waals surface area contributed by atoms with Gasteiger partial charge in [0.2, 0.25) is 5.88 Å². The van der Waals surface area contributed by atoms with Crippen LogP contribution in [-0.4, -0.2) is 10.9 Å². The summed E-state index contributed by atoms with van der Waals surface area (Å²) in [6, 6.07) is 9.11. The van der Waals surface area contributed by atoms with E-state index in [1.807, 2.05) is 18.2 Å². The minimum atomic E-state index is -0.628. The average Bonchev–Trinajstić information content (AvgIpc) is 2.40. The Bertz CT molecular complexity index is 675.